The third-order valence-corrected chi connectivity index (χ3v) is 3.87. The Morgan fingerprint density at radius 2 is 2.08 bits per heavy atom. The molecule has 8 nitrogen and oxygen atoms in total. The van der Waals surface area contributed by atoms with E-state index in [1.165, 1.54) is 10.9 Å². The van der Waals surface area contributed by atoms with Crippen molar-refractivity contribution in [3.8, 4) is 5.69 Å². The van der Waals surface area contributed by atoms with Crippen molar-refractivity contribution in [1.82, 2.24) is 19.6 Å². The molecule has 2 heterocycles. The Bertz CT molecular complexity index is 990. The van der Waals surface area contributed by atoms with E-state index < -0.39 is 5.97 Å². The fourth-order valence-electron chi connectivity index (χ4n) is 2.64. The Balaban J connectivity index is 2.21. The first-order valence-corrected chi connectivity index (χ1v) is 7.95. The number of fused-ring (bicyclic) bond motifs is 1. The van der Waals surface area contributed by atoms with Crippen LogP contribution in [-0.2, 0) is 17.9 Å². The fraction of sp³-hybridized carbons (Fsp3) is 0.294. The maximum absolute atomic E-state index is 12.8. The van der Waals surface area contributed by atoms with Gasteiger partial charge in [0.05, 0.1) is 30.6 Å². The lowest BCUT2D eigenvalue weighted by Crippen LogP contribution is -2.21. The van der Waals surface area contributed by atoms with Gasteiger partial charge < -0.3 is 14.4 Å². The minimum absolute atomic E-state index is 0.00277. The molecule has 0 amide bonds. The number of hydrogen-bond acceptors (Lipinski definition) is 6. The molecule has 0 atom stereocenters. The highest BCUT2D eigenvalue weighted by Gasteiger charge is 2.17. The van der Waals surface area contributed by atoms with E-state index in [4.69, 9.17) is 9.84 Å². The fourth-order valence-corrected chi connectivity index (χ4v) is 2.64. The van der Waals surface area contributed by atoms with E-state index in [-0.39, 0.29) is 24.2 Å². The van der Waals surface area contributed by atoms with Crippen LogP contribution in [0.3, 0.4) is 0 Å². The summed E-state index contributed by atoms with van der Waals surface area (Å²) in [4.78, 5) is 24.8. The molecule has 0 radical (unpaired) electrons. The standard InChI is InChI=1S/C17H18N4O4/c1-3-20-9-14(17(24)25-4-2)16(23)13-7-12(5-6-15(13)20)21-8-11(10-22)18-19-21/h5-9,22H,3-4,10H2,1-2H3. The minimum Gasteiger partial charge on any atom is -0.462 e. The molecule has 0 fully saturated rings. The highest BCUT2D eigenvalue weighted by Crippen LogP contribution is 2.17. The van der Waals surface area contributed by atoms with E-state index in [0.29, 0.717) is 28.8 Å². The van der Waals surface area contributed by atoms with Crippen LogP contribution in [0.15, 0.2) is 35.4 Å². The van der Waals surface area contributed by atoms with Crippen molar-refractivity contribution >= 4 is 16.9 Å². The predicted molar refractivity (Wildman–Crippen MR) is 90.7 cm³/mol. The van der Waals surface area contributed by atoms with E-state index in [9.17, 15) is 9.59 Å². The average Bonchev–Trinajstić information content (AvgIpc) is 3.11. The van der Waals surface area contributed by atoms with Crippen LogP contribution in [-0.4, -0.2) is 37.2 Å². The Morgan fingerprint density at radius 3 is 2.72 bits per heavy atom. The maximum atomic E-state index is 12.8. The van der Waals surface area contributed by atoms with Crippen LogP contribution in [0.1, 0.15) is 29.9 Å². The monoisotopic (exact) mass is 342 g/mol. The summed E-state index contributed by atoms with van der Waals surface area (Å²) >= 11 is 0. The molecule has 0 bridgehead atoms. The summed E-state index contributed by atoms with van der Waals surface area (Å²) in [6.07, 6.45) is 3.11. The summed E-state index contributed by atoms with van der Waals surface area (Å²) in [5.74, 6) is -0.634. The smallest absolute Gasteiger partial charge is 0.343 e. The normalized spacial score (nSPS) is 11.0. The molecule has 130 valence electrons. The molecule has 3 aromatic rings. The van der Waals surface area contributed by atoms with Gasteiger partial charge >= 0.3 is 5.97 Å². The largest absolute Gasteiger partial charge is 0.462 e. The zero-order valence-corrected chi connectivity index (χ0v) is 14.0. The van der Waals surface area contributed by atoms with Gasteiger partial charge in [-0.25, -0.2) is 9.48 Å². The number of aliphatic hydroxyl groups excluding tert-OH is 1. The second-order valence-corrected chi connectivity index (χ2v) is 5.39. The minimum atomic E-state index is -0.634. The summed E-state index contributed by atoms with van der Waals surface area (Å²) in [7, 11) is 0. The summed E-state index contributed by atoms with van der Waals surface area (Å²) < 4.78 is 8.28. The van der Waals surface area contributed by atoms with Crippen LogP contribution in [0.5, 0.6) is 0 Å². The molecule has 1 aromatic carbocycles. The zero-order chi connectivity index (χ0) is 18.0. The van der Waals surface area contributed by atoms with Crippen molar-refractivity contribution < 1.29 is 14.6 Å². The molecule has 0 aliphatic carbocycles. The number of benzene rings is 1. The highest BCUT2D eigenvalue weighted by molar-refractivity contribution is 5.94. The van der Waals surface area contributed by atoms with Crippen molar-refractivity contribution in [2.24, 2.45) is 0 Å². The molecule has 0 aliphatic heterocycles. The van der Waals surface area contributed by atoms with Gasteiger partial charge in [-0.1, -0.05) is 5.21 Å². The van der Waals surface area contributed by atoms with Crippen molar-refractivity contribution in [1.29, 1.82) is 0 Å². The van der Waals surface area contributed by atoms with Crippen LogP contribution in [0, 0.1) is 0 Å². The van der Waals surface area contributed by atoms with Gasteiger partial charge in [0.2, 0.25) is 5.43 Å². The number of esters is 1. The molecule has 0 saturated carbocycles. The second kappa shape index (κ2) is 6.86. The molecule has 1 N–H and O–H groups in total. The summed E-state index contributed by atoms with van der Waals surface area (Å²) in [6, 6.07) is 5.25. The number of aliphatic hydroxyl groups is 1. The second-order valence-electron chi connectivity index (χ2n) is 5.39. The molecule has 8 heteroatoms. The van der Waals surface area contributed by atoms with E-state index in [0.717, 1.165) is 0 Å². The molecule has 0 spiro atoms. The third-order valence-electron chi connectivity index (χ3n) is 3.87. The number of carbonyl (C=O) groups is 1. The van der Waals surface area contributed by atoms with Crippen molar-refractivity contribution in [2.45, 2.75) is 27.0 Å². The SMILES string of the molecule is CCOC(=O)c1cn(CC)c2ccc(-n3cc(CO)nn3)cc2c1=O. The molecular formula is C17H18N4O4. The van der Waals surface area contributed by atoms with E-state index in [1.807, 2.05) is 11.5 Å². The number of ether oxygens (including phenoxy) is 1. The Morgan fingerprint density at radius 1 is 1.28 bits per heavy atom. The molecular weight excluding hydrogens is 324 g/mol. The number of aryl methyl sites for hydroxylation is 1. The molecule has 2 aromatic heterocycles. The first kappa shape index (κ1) is 16.8. The molecule has 0 aliphatic rings. The van der Waals surface area contributed by atoms with Gasteiger partial charge in [-0.15, -0.1) is 5.10 Å². The zero-order valence-electron chi connectivity index (χ0n) is 14.0. The number of rotatable bonds is 5. The molecule has 3 rings (SSSR count). The Labute approximate surface area is 143 Å². The lowest BCUT2D eigenvalue weighted by Gasteiger charge is -2.12. The van der Waals surface area contributed by atoms with Gasteiger partial charge in [-0.3, -0.25) is 4.79 Å². The van der Waals surface area contributed by atoms with Gasteiger partial charge in [-0.2, -0.15) is 0 Å². The van der Waals surface area contributed by atoms with E-state index in [1.54, 1.807) is 31.3 Å². The van der Waals surface area contributed by atoms with Crippen molar-refractivity contribution in [3.63, 3.8) is 0 Å². The summed E-state index contributed by atoms with van der Waals surface area (Å²) in [5.41, 5.74) is 1.36. The van der Waals surface area contributed by atoms with E-state index in [2.05, 4.69) is 10.3 Å². The van der Waals surface area contributed by atoms with Crippen LogP contribution in [0.2, 0.25) is 0 Å². The van der Waals surface area contributed by atoms with Crippen molar-refractivity contribution in [2.75, 3.05) is 6.61 Å². The van der Waals surface area contributed by atoms with Crippen molar-refractivity contribution in [3.05, 3.63) is 52.1 Å². The van der Waals surface area contributed by atoms with Crippen LogP contribution < -0.4 is 5.43 Å². The third kappa shape index (κ3) is 3.03. The predicted octanol–water partition coefficient (Wildman–Crippen LogP) is 1.27. The number of pyridine rings is 1. The number of hydrogen-bond donors (Lipinski definition) is 1. The van der Waals surface area contributed by atoms with Crippen LogP contribution in [0.4, 0.5) is 0 Å². The van der Waals surface area contributed by atoms with Crippen LogP contribution in [0.25, 0.3) is 16.6 Å². The lowest BCUT2D eigenvalue weighted by atomic mass is 10.1. The van der Waals surface area contributed by atoms with Gasteiger partial charge in [-0.05, 0) is 32.0 Å². The molecule has 25 heavy (non-hydrogen) atoms. The quantitative estimate of drug-likeness (QED) is 0.701. The van der Waals surface area contributed by atoms with Gasteiger partial charge in [0.1, 0.15) is 11.3 Å². The maximum Gasteiger partial charge on any atom is 0.343 e. The first-order valence-electron chi connectivity index (χ1n) is 7.95. The van der Waals surface area contributed by atoms with Gasteiger partial charge in [0, 0.05) is 18.1 Å². The highest BCUT2D eigenvalue weighted by atomic mass is 16.5. The van der Waals surface area contributed by atoms with Gasteiger partial charge in [0.15, 0.2) is 0 Å². The Hall–Kier alpha value is -3.00. The number of nitrogens with zero attached hydrogens (tertiary/aromatic N) is 4. The number of carbonyl (C=O) groups excluding carboxylic acids is 1. The summed E-state index contributed by atoms with van der Waals surface area (Å²) in [5, 5.41) is 17.3. The Kier molecular flexibility index (Phi) is 4.62. The topological polar surface area (TPSA) is 99.2 Å². The molecule has 0 saturated heterocycles. The first-order chi connectivity index (χ1) is 12.1. The number of aromatic nitrogens is 4. The van der Waals surface area contributed by atoms with E-state index >= 15 is 0 Å². The molecule has 0 unspecified atom stereocenters. The van der Waals surface area contributed by atoms with Crippen LogP contribution >= 0.6 is 0 Å². The lowest BCUT2D eigenvalue weighted by molar-refractivity contribution is 0.0524. The average molecular weight is 342 g/mol. The summed E-state index contributed by atoms with van der Waals surface area (Å²) in [6.45, 7) is 4.20. The van der Waals surface area contributed by atoms with Gasteiger partial charge in [0.25, 0.3) is 0 Å².